The molecule has 1 atom stereocenters. The summed E-state index contributed by atoms with van der Waals surface area (Å²) in [5, 5.41) is 20.9. The Morgan fingerprint density at radius 3 is 2.53 bits per heavy atom. The van der Waals surface area contributed by atoms with Crippen molar-refractivity contribution in [1.82, 2.24) is 10.3 Å². The van der Waals surface area contributed by atoms with Gasteiger partial charge in [0.25, 0.3) is 5.91 Å². The molecular weight excluding hydrogens is 248 g/mol. The number of nitrogens with zero attached hydrogens (tertiary/aromatic N) is 1. The number of hydrogen-bond donors (Lipinski definition) is 3. The van der Waals surface area contributed by atoms with Crippen molar-refractivity contribution in [3.8, 4) is 0 Å². The smallest absolute Gasteiger partial charge is 0.306 e. The molecule has 1 amide bonds. The minimum absolute atomic E-state index is 0.133. The molecule has 0 aliphatic heterocycles. The third-order valence-corrected chi connectivity index (χ3v) is 2.63. The number of nitrogens with one attached hydrogen (secondary N) is 1. The van der Waals surface area contributed by atoms with Gasteiger partial charge in [0, 0.05) is 12.2 Å². The van der Waals surface area contributed by atoms with E-state index in [-0.39, 0.29) is 12.5 Å². The number of carbonyl (C=O) groups is 2. The van der Waals surface area contributed by atoms with Crippen molar-refractivity contribution < 1.29 is 19.8 Å². The minimum Gasteiger partial charge on any atom is -0.481 e. The zero-order chi connectivity index (χ0) is 14.6. The average Bonchev–Trinajstić information content (AvgIpc) is 2.24. The molecule has 6 heteroatoms. The van der Waals surface area contributed by atoms with Crippen molar-refractivity contribution in [3.63, 3.8) is 0 Å². The molecular formula is C13H18N2O4. The normalized spacial score (nSPS) is 13.7. The Kier molecular flexibility index (Phi) is 4.61. The molecule has 0 aliphatic rings. The molecule has 0 saturated carbocycles. The molecule has 0 fully saturated rings. The number of aryl methyl sites for hydroxylation is 2. The van der Waals surface area contributed by atoms with E-state index >= 15 is 0 Å². The van der Waals surface area contributed by atoms with Gasteiger partial charge in [-0.15, -0.1) is 0 Å². The summed E-state index contributed by atoms with van der Waals surface area (Å²) >= 11 is 0. The Labute approximate surface area is 111 Å². The van der Waals surface area contributed by atoms with Crippen molar-refractivity contribution in [2.75, 3.05) is 6.54 Å². The van der Waals surface area contributed by atoms with Crippen LogP contribution in [0.15, 0.2) is 12.1 Å². The molecule has 1 aromatic heterocycles. The van der Waals surface area contributed by atoms with Crippen molar-refractivity contribution in [2.24, 2.45) is 0 Å². The van der Waals surface area contributed by atoms with Crippen LogP contribution in [0, 0.1) is 13.8 Å². The van der Waals surface area contributed by atoms with Crippen LogP contribution in [-0.4, -0.2) is 39.2 Å². The van der Waals surface area contributed by atoms with E-state index in [1.807, 2.05) is 6.92 Å². The molecule has 6 nitrogen and oxygen atoms in total. The molecule has 1 rings (SSSR count). The van der Waals surface area contributed by atoms with Crippen LogP contribution in [0.5, 0.6) is 0 Å². The summed E-state index contributed by atoms with van der Waals surface area (Å²) in [5.41, 5.74) is 0.340. The summed E-state index contributed by atoms with van der Waals surface area (Å²) in [7, 11) is 0. The fourth-order valence-electron chi connectivity index (χ4n) is 1.68. The standard InChI is InChI=1S/C13H18N2O4/c1-8-4-5-10(9(2)15-8)12(18)14-7-13(3,19)6-11(16)17/h4-5,19H,6-7H2,1-3H3,(H,14,18)(H,16,17). The first-order valence-corrected chi connectivity index (χ1v) is 5.88. The lowest BCUT2D eigenvalue weighted by Crippen LogP contribution is -2.42. The maximum Gasteiger partial charge on any atom is 0.306 e. The summed E-state index contributed by atoms with van der Waals surface area (Å²) in [5.74, 6) is -1.50. The first-order valence-electron chi connectivity index (χ1n) is 5.88. The zero-order valence-electron chi connectivity index (χ0n) is 11.2. The van der Waals surface area contributed by atoms with E-state index in [4.69, 9.17) is 5.11 Å². The second-order valence-electron chi connectivity index (χ2n) is 4.84. The van der Waals surface area contributed by atoms with E-state index in [0.29, 0.717) is 11.3 Å². The molecule has 0 bridgehead atoms. The van der Waals surface area contributed by atoms with Gasteiger partial charge in [-0.2, -0.15) is 0 Å². The lowest BCUT2D eigenvalue weighted by molar-refractivity contribution is -0.141. The lowest BCUT2D eigenvalue weighted by atomic mass is 10.0. The second kappa shape index (κ2) is 5.79. The van der Waals surface area contributed by atoms with Gasteiger partial charge in [-0.1, -0.05) is 0 Å². The lowest BCUT2D eigenvalue weighted by Gasteiger charge is -2.21. The van der Waals surface area contributed by atoms with E-state index in [0.717, 1.165) is 5.69 Å². The number of pyridine rings is 1. The first kappa shape index (κ1) is 15.1. The van der Waals surface area contributed by atoms with E-state index in [9.17, 15) is 14.7 Å². The van der Waals surface area contributed by atoms with Gasteiger partial charge in [0.05, 0.1) is 23.3 Å². The van der Waals surface area contributed by atoms with E-state index < -0.39 is 18.0 Å². The molecule has 0 spiro atoms. The predicted molar refractivity (Wildman–Crippen MR) is 68.9 cm³/mol. The van der Waals surface area contributed by atoms with Crippen LogP contribution in [0.3, 0.4) is 0 Å². The molecule has 1 unspecified atom stereocenters. The van der Waals surface area contributed by atoms with Gasteiger partial charge in [0.2, 0.25) is 0 Å². The number of aliphatic carboxylic acids is 1. The highest BCUT2D eigenvalue weighted by atomic mass is 16.4. The van der Waals surface area contributed by atoms with Gasteiger partial charge >= 0.3 is 5.97 Å². The molecule has 0 saturated heterocycles. The van der Waals surface area contributed by atoms with Gasteiger partial charge < -0.3 is 15.5 Å². The Morgan fingerprint density at radius 2 is 2.00 bits per heavy atom. The quantitative estimate of drug-likeness (QED) is 0.726. The van der Waals surface area contributed by atoms with Gasteiger partial charge in [-0.25, -0.2) is 0 Å². The van der Waals surface area contributed by atoms with Crippen molar-refractivity contribution >= 4 is 11.9 Å². The summed E-state index contributed by atoms with van der Waals surface area (Å²) in [6.07, 6.45) is -0.432. The highest BCUT2D eigenvalue weighted by molar-refractivity contribution is 5.95. The number of carboxylic acid groups (broad SMARTS) is 1. The summed E-state index contributed by atoms with van der Waals surface area (Å²) in [6, 6.07) is 3.37. The maximum absolute atomic E-state index is 11.9. The number of hydrogen-bond acceptors (Lipinski definition) is 4. The average molecular weight is 266 g/mol. The van der Waals surface area contributed by atoms with Crippen molar-refractivity contribution in [3.05, 3.63) is 29.1 Å². The van der Waals surface area contributed by atoms with Crippen molar-refractivity contribution in [1.29, 1.82) is 0 Å². The second-order valence-corrected chi connectivity index (χ2v) is 4.84. The molecule has 1 heterocycles. The first-order chi connectivity index (χ1) is 8.71. The van der Waals surface area contributed by atoms with Crippen LogP contribution in [0.1, 0.15) is 35.1 Å². The third kappa shape index (κ3) is 4.67. The Balaban J connectivity index is 2.68. The highest BCUT2D eigenvalue weighted by Gasteiger charge is 2.25. The van der Waals surface area contributed by atoms with Gasteiger partial charge in [0.1, 0.15) is 0 Å². The zero-order valence-corrected chi connectivity index (χ0v) is 11.2. The molecule has 19 heavy (non-hydrogen) atoms. The van der Waals surface area contributed by atoms with Gasteiger partial charge in [-0.05, 0) is 32.9 Å². The van der Waals surface area contributed by atoms with E-state index in [1.54, 1.807) is 19.1 Å². The van der Waals surface area contributed by atoms with Crippen LogP contribution >= 0.6 is 0 Å². The van der Waals surface area contributed by atoms with Crippen LogP contribution in [0.4, 0.5) is 0 Å². The van der Waals surface area contributed by atoms with Crippen molar-refractivity contribution in [2.45, 2.75) is 32.8 Å². The Morgan fingerprint density at radius 1 is 1.37 bits per heavy atom. The molecule has 3 N–H and O–H groups in total. The number of amides is 1. The molecule has 1 aromatic rings. The summed E-state index contributed by atoms with van der Waals surface area (Å²) in [4.78, 5) is 26.6. The maximum atomic E-state index is 11.9. The van der Waals surface area contributed by atoms with Gasteiger partial charge in [-0.3, -0.25) is 14.6 Å². The number of carboxylic acids is 1. The minimum atomic E-state index is -1.48. The van der Waals surface area contributed by atoms with E-state index in [1.165, 1.54) is 6.92 Å². The van der Waals surface area contributed by atoms with Crippen LogP contribution in [0.2, 0.25) is 0 Å². The number of rotatable bonds is 5. The Bertz CT molecular complexity index is 497. The molecule has 0 radical (unpaired) electrons. The van der Waals surface area contributed by atoms with Crippen LogP contribution in [-0.2, 0) is 4.79 Å². The van der Waals surface area contributed by atoms with Crippen LogP contribution in [0.25, 0.3) is 0 Å². The third-order valence-electron chi connectivity index (χ3n) is 2.63. The molecule has 0 aromatic carbocycles. The molecule has 0 aliphatic carbocycles. The fraction of sp³-hybridized carbons (Fsp3) is 0.462. The predicted octanol–water partition coefficient (Wildman–Crippen LogP) is 0.654. The summed E-state index contributed by atoms with van der Waals surface area (Å²) < 4.78 is 0. The summed E-state index contributed by atoms with van der Waals surface area (Å²) in [6.45, 7) is 4.77. The SMILES string of the molecule is Cc1ccc(C(=O)NCC(C)(O)CC(=O)O)c(C)n1. The fourth-order valence-corrected chi connectivity index (χ4v) is 1.68. The Hall–Kier alpha value is -1.95. The highest BCUT2D eigenvalue weighted by Crippen LogP contribution is 2.10. The number of aromatic nitrogens is 1. The monoisotopic (exact) mass is 266 g/mol. The largest absolute Gasteiger partial charge is 0.481 e. The van der Waals surface area contributed by atoms with Crippen LogP contribution < -0.4 is 5.32 Å². The number of aliphatic hydroxyl groups is 1. The molecule has 104 valence electrons. The number of carbonyl (C=O) groups excluding carboxylic acids is 1. The van der Waals surface area contributed by atoms with Gasteiger partial charge in [0.15, 0.2) is 0 Å². The topological polar surface area (TPSA) is 99.5 Å². The van der Waals surface area contributed by atoms with E-state index in [2.05, 4.69) is 10.3 Å².